The van der Waals surface area contributed by atoms with Crippen LogP contribution in [0.4, 0.5) is 5.69 Å². The Morgan fingerprint density at radius 3 is 2.42 bits per heavy atom. The van der Waals surface area contributed by atoms with Gasteiger partial charge in [-0.15, -0.1) is 0 Å². The number of carboxylic acids is 1. The molecule has 0 unspecified atom stereocenters. The molecule has 0 atom stereocenters. The van der Waals surface area contributed by atoms with Gasteiger partial charge < -0.3 is 20.2 Å². The lowest BCUT2D eigenvalue weighted by atomic mass is 10.2. The van der Waals surface area contributed by atoms with Crippen molar-refractivity contribution >= 4 is 29.5 Å². The molecule has 2 amide bonds. The Bertz CT molecular complexity index is 775. The van der Waals surface area contributed by atoms with Crippen LogP contribution in [0.3, 0.4) is 0 Å². The van der Waals surface area contributed by atoms with Gasteiger partial charge in [-0.2, -0.15) is 0 Å². The quantitative estimate of drug-likeness (QED) is 0.703. The number of rotatable bonds is 6. The molecule has 124 valence electrons. The Morgan fingerprint density at radius 1 is 1.12 bits per heavy atom. The third kappa shape index (κ3) is 5.13. The third-order valence-corrected chi connectivity index (χ3v) is 2.97. The monoisotopic (exact) mass is 328 g/mol. The highest BCUT2D eigenvalue weighted by Gasteiger charge is 2.07. The van der Waals surface area contributed by atoms with Crippen LogP contribution in [0.5, 0.6) is 0 Å². The number of carbonyl (C=O) groups is 3. The molecule has 24 heavy (non-hydrogen) atoms. The van der Waals surface area contributed by atoms with Crippen molar-refractivity contribution in [1.82, 2.24) is 5.32 Å². The first kappa shape index (κ1) is 17.0. The average molecular weight is 328 g/mol. The summed E-state index contributed by atoms with van der Waals surface area (Å²) in [6.45, 7) is 1.36. The van der Waals surface area contributed by atoms with Gasteiger partial charge in [0.15, 0.2) is 0 Å². The largest absolute Gasteiger partial charge is 0.480 e. The van der Waals surface area contributed by atoms with Gasteiger partial charge in [-0.25, -0.2) is 0 Å². The summed E-state index contributed by atoms with van der Waals surface area (Å²) in [7, 11) is 0. The minimum absolute atomic E-state index is 0.302. The van der Waals surface area contributed by atoms with Crippen LogP contribution in [0.25, 0.3) is 6.08 Å². The van der Waals surface area contributed by atoms with E-state index in [0.29, 0.717) is 17.0 Å². The predicted molar refractivity (Wildman–Crippen MR) is 87.5 cm³/mol. The zero-order valence-electron chi connectivity index (χ0n) is 12.9. The molecule has 1 aromatic heterocycles. The van der Waals surface area contributed by atoms with Crippen LogP contribution in [0.15, 0.2) is 46.9 Å². The number of anilines is 1. The molecule has 1 heterocycles. The molecule has 2 aromatic rings. The zero-order valence-corrected chi connectivity index (χ0v) is 12.9. The molecule has 0 bridgehead atoms. The van der Waals surface area contributed by atoms with Crippen molar-refractivity contribution in [2.24, 2.45) is 0 Å². The molecule has 2 rings (SSSR count). The maximum atomic E-state index is 11.8. The van der Waals surface area contributed by atoms with E-state index in [1.165, 1.54) is 18.2 Å². The minimum Gasteiger partial charge on any atom is -0.480 e. The summed E-state index contributed by atoms with van der Waals surface area (Å²) < 4.78 is 5.31. The molecule has 0 aliphatic heterocycles. The number of hydrogen-bond acceptors (Lipinski definition) is 4. The normalized spacial score (nSPS) is 10.5. The van der Waals surface area contributed by atoms with E-state index in [1.807, 2.05) is 6.92 Å². The van der Waals surface area contributed by atoms with Gasteiger partial charge in [0.2, 0.25) is 5.91 Å². The molecule has 0 saturated heterocycles. The number of aryl methyl sites for hydroxylation is 1. The summed E-state index contributed by atoms with van der Waals surface area (Å²) >= 11 is 0. The van der Waals surface area contributed by atoms with Gasteiger partial charge in [-0.3, -0.25) is 14.4 Å². The lowest BCUT2D eigenvalue weighted by Gasteiger charge is -2.05. The van der Waals surface area contributed by atoms with Crippen LogP contribution in [0, 0.1) is 6.92 Å². The van der Waals surface area contributed by atoms with Crippen LogP contribution in [-0.4, -0.2) is 29.4 Å². The molecule has 0 fully saturated rings. The second-order valence-corrected chi connectivity index (χ2v) is 4.92. The van der Waals surface area contributed by atoms with Crippen LogP contribution in [0.1, 0.15) is 21.9 Å². The maximum Gasteiger partial charge on any atom is 0.322 e. The summed E-state index contributed by atoms with van der Waals surface area (Å²) in [5.41, 5.74) is 0.811. The predicted octanol–water partition coefficient (Wildman–Crippen LogP) is 2.05. The minimum atomic E-state index is -1.12. The summed E-state index contributed by atoms with van der Waals surface area (Å²) in [4.78, 5) is 33.9. The Morgan fingerprint density at radius 2 is 1.83 bits per heavy atom. The van der Waals surface area contributed by atoms with Gasteiger partial charge in [-0.05, 0) is 49.4 Å². The van der Waals surface area contributed by atoms with Gasteiger partial charge in [-0.1, -0.05) is 0 Å². The molecule has 0 spiro atoms. The number of carboxylic acid groups (broad SMARTS) is 1. The second-order valence-electron chi connectivity index (χ2n) is 4.92. The van der Waals surface area contributed by atoms with E-state index in [4.69, 9.17) is 9.52 Å². The Kier molecular flexibility index (Phi) is 5.51. The molecule has 1 aromatic carbocycles. The highest BCUT2D eigenvalue weighted by molar-refractivity contribution is 6.02. The Balaban J connectivity index is 1.91. The van der Waals surface area contributed by atoms with Gasteiger partial charge >= 0.3 is 5.97 Å². The standard InChI is InChI=1S/C17H16N2O5/c1-11-2-7-14(24-11)8-9-15(20)19-13-5-3-12(4-6-13)17(23)18-10-16(21)22/h2-9H,10H2,1H3,(H,18,23)(H,19,20)(H,21,22). The van der Waals surface area contributed by atoms with E-state index in [1.54, 1.807) is 30.3 Å². The van der Waals surface area contributed by atoms with Crippen LogP contribution >= 0.6 is 0 Å². The topological polar surface area (TPSA) is 109 Å². The lowest BCUT2D eigenvalue weighted by Crippen LogP contribution is -2.29. The average Bonchev–Trinajstić information content (AvgIpc) is 2.97. The van der Waals surface area contributed by atoms with E-state index in [0.717, 1.165) is 5.76 Å². The van der Waals surface area contributed by atoms with Gasteiger partial charge in [0.05, 0.1) is 0 Å². The number of hydrogen-bond donors (Lipinski definition) is 3. The van der Waals surface area contributed by atoms with Crippen LogP contribution in [-0.2, 0) is 9.59 Å². The van der Waals surface area contributed by atoms with Gasteiger partial charge in [0.1, 0.15) is 18.1 Å². The summed E-state index contributed by atoms with van der Waals surface area (Å²) in [6.07, 6.45) is 2.89. The number of carbonyl (C=O) groups excluding carboxylic acids is 2. The number of nitrogens with one attached hydrogen (secondary N) is 2. The lowest BCUT2D eigenvalue weighted by molar-refractivity contribution is -0.135. The first-order chi connectivity index (χ1) is 11.4. The fourth-order valence-electron chi connectivity index (χ4n) is 1.85. The van der Waals surface area contributed by atoms with Crippen molar-refractivity contribution < 1.29 is 23.9 Å². The van der Waals surface area contributed by atoms with Gasteiger partial charge in [0.25, 0.3) is 5.91 Å². The molecule has 3 N–H and O–H groups in total. The number of benzene rings is 1. The van der Waals surface area contributed by atoms with E-state index >= 15 is 0 Å². The molecular formula is C17H16N2O5. The molecule has 0 saturated carbocycles. The first-order valence-corrected chi connectivity index (χ1v) is 7.09. The summed E-state index contributed by atoms with van der Waals surface area (Å²) in [6, 6.07) is 9.64. The SMILES string of the molecule is Cc1ccc(C=CC(=O)Nc2ccc(C(=O)NCC(=O)O)cc2)o1. The highest BCUT2D eigenvalue weighted by Crippen LogP contribution is 2.11. The van der Waals surface area contributed by atoms with E-state index in [-0.39, 0.29) is 5.91 Å². The Hall–Kier alpha value is -3.35. The molecular weight excluding hydrogens is 312 g/mol. The summed E-state index contributed by atoms with van der Waals surface area (Å²) in [5, 5.41) is 13.4. The van der Waals surface area contributed by atoms with Crippen LogP contribution in [0.2, 0.25) is 0 Å². The van der Waals surface area contributed by atoms with Crippen molar-refractivity contribution in [3.63, 3.8) is 0 Å². The van der Waals surface area contributed by atoms with E-state index < -0.39 is 18.4 Å². The Labute approximate surface area is 138 Å². The van der Waals surface area contributed by atoms with Crippen molar-refractivity contribution in [2.75, 3.05) is 11.9 Å². The molecule has 0 aliphatic rings. The number of aliphatic carboxylic acids is 1. The number of amides is 2. The fraction of sp³-hybridized carbons (Fsp3) is 0.118. The zero-order chi connectivity index (χ0) is 17.5. The van der Waals surface area contributed by atoms with Crippen molar-refractivity contribution in [3.8, 4) is 0 Å². The fourth-order valence-corrected chi connectivity index (χ4v) is 1.85. The van der Waals surface area contributed by atoms with Crippen molar-refractivity contribution in [2.45, 2.75) is 6.92 Å². The van der Waals surface area contributed by atoms with E-state index in [2.05, 4.69) is 10.6 Å². The van der Waals surface area contributed by atoms with Crippen molar-refractivity contribution in [3.05, 3.63) is 59.6 Å². The number of furan rings is 1. The third-order valence-electron chi connectivity index (χ3n) is 2.97. The molecule has 7 nitrogen and oxygen atoms in total. The maximum absolute atomic E-state index is 11.8. The highest BCUT2D eigenvalue weighted by atomic mass is 16.4. The van der Waals surface area contributed by atoms with E-state index in [9.17, 15) is 14.4 Å². The molecule has 0 aliphatic carbocycles. The van der Waals surface area contributed by atoms with Crippen LogP contribution < -0.4 is 10.6 Å². The molecule has 0 radical (unpaired) electrons. The summed E-state index contributed by atoms with van der Waals surface area (Å²) in [5.74, 6) is -0.624. The second kappa shape index (κ2) is 7.77. The first-order valence-electron chi connectivity index (χ1n) is 7.09. The van der Waals surface area contributed by atoms with Crippen molar-refractivity contribution in [1.29, 1.82) is 0 Å². The van der Waals surface area contributed by atoms with Gasteiger partial charge in [0, 0.05) is 17.3 Å². The molecule has 7 heteroatoms. The smallest absolute Gasteiger partial charge is 0.322 e.